The third-order valence-corrected chi connectivity index (χ3v) is 8.74. The van der Waals surface area contributed by atoms with E-state index < -0.39 is 32.5 Å². The van der Waals surface area contributed by atoms with Crippen LogP contribution in [0, 0.1) is 0 Å². The average molecular weight is 470 g/mol. The lowest BCUT2D eigenvalue weighted by atomic mass is 10.00. The van der Waals surface area contributed by atoms with Gasteiger partial charge in [0.05, 0.1) is 22.8 Å². The molecule has 2 bridgehead atoms. The minimum Gasteiger partial charge on any atom is -0.352 e. The van der Waals surface area contributed by atoms with Gasteiger partial charge in [0.15, 0.2) is 0 Å². The Kier molecular flexibility index (Phi) is 6.29. The van der Waals surface area contributed by atoms with E-state index in [1.807, 2.05) is 0 Å². The lowest BCUT2D eigenvalue weighted by Gasteiger charge is -2.37. The van der Waals surface area contributed by atoms with Crippen molar-refractivity contribution in [2.75, 3.05) is 12.8 Å². The van der Waals surface area contributed by atoms with Crippen LogP contribution >= 0.6 is 23.2 Å². The monoisotopic (exact) mass is 469 g/mol. The zero-order valence-electron chi connectivity index (χ0n) is 15.1. The summed E-state index contributed by atoms with van der Waals surface area (Å²) in [5, 5.41) is 2.72. The predicted molar refractivity (Wildman–Crippen MR) is 106 cm³/mol. The van der Waals surface area contributed by atoms with Gasteiger partial charge < -0.3 is 5.32 Å². The number of benzene rings is 1. The number of amides is 1. The highest BCUT2D eigenvalue weighted by molar-refractivity contribution is 7.89. The topological polar surface area (TPSA) is 113 Å². The zero-order chi connectivity index (χ0) is 20.7. The van der Waals surface area contributed by atoms with Gasteiger partial charge in [-0.25, -0.2) is 21.6 Å². The van der Waals surface area contributed by atoms with Crippen molar-refractivity contribution in [2.24, 2.45) is 0 Å². The molecule has 156 valence electrons. The van der Waals surface area contributed by atoms with Crippen LogP contribution in [-0.4, -0.2) is 58.0 Å². The molecule has 0 aromatic heterocycles. The fourth-order valence-corrected chi connectivity index (χ4v) is 7.63. The first kappa shape index (κ1) is 21.8. The SMILES string of the molecule is CS(=O)(=O)N1C2CCC1CC(NC(=O)CNS(=O)(=O)c1c(Cl)cccc1Cl)C2. The number of nitrogens with one attached hydrogen (secondary N) is 2. The molecule has 8 nitrogen and oxygen atoms in total. The number of hydrogen-bond donors (Lipinski definition) is 2. The van der Waals surface area contributed by atoms with Crippen LogP contribution in [0.5, 0.6) is 0 Å². The van der Waals surface area contributed by atoms with Crippen LogP contribution in [0.2, 0.25) is 10.0 Å². The molecule has 12 heteroatoms. The molecule has 2 unspecified atom stereocenters. The molecule has 2 aliphatic heterocycles. The summed E-state index contributed by atoms with van der Waals surface area (Å²) in [6.45, 7) is -0.467. The number of fused-ring (bicyclic) bond motifs is 2. The number of sulfonamides is 2. The van der Waals surface area contributed by atoms with Gasteiger partial charge in [-0.15, -0.1) is 0 Å². The summed E-state index contributed by atoms with van der Waals surface area (Å²) in [5.41, 5.74) is 0. The summed E-state index contributed by atoms with van der Waals surface area (Å²) in [6.07, 6.45) is 3.76. The van der Waals surface area contributed by atoms with E-state index in [0.29, 0.717) is 12.8 Å². The second kappa shape index (κ2) is 8.08. The summed E-state index contributed by atoms with van der Waals surface area (Å²) in [6, 6.07) is 3.86. The van der Waals surface area contributed by atoms with Crippen LogP contribution in [0.4, 0.5) is 0 Å². The van der Waals surface area contributed by atoms with E-state index in [1.54, 1.807) is 0 Å². The van der Waals surface area contributed by atoms with E-state index in [9.17, 15) is 21.6 Å². The molecular weight excluding hydrogens is 449 g/mol. The van der Waals surface area contributed by atoms with Gasteiger partial charge in [0, 0.05) is 18.1 Å². The van der Waals surface area contributed by atoms with Crippen molar-refractivity contribution in [1.29, 1.82) is 0 Å². The minimum atomic E-state index is -4.06. The first-order valence-corrected chi connectivity index (χ1v) is 12.8. The number of rotatable bonds is 6. The average Bonchev–Trinajstić information content (AvgIpc) is 2.85. The third kappa shape index (κ3) is 4.63. The Morgan fingerprint density at radius 1 is 1.11 bits per heavy atom. The number of nitrogens with zero attached hydrogens (tertiary/aromatic N) is 1. The predicted octanol–water partition coefficient (Wildman–Crippen LogP) is 1.34. The highest BCUT2D eigenvalue weighted by Crippen LogP contribution is 2.37. The summed E-state index contributed by atoms with van der Waals surface area (Å²) in [7, 11) is -7.34. The van der Waals surface area contributed by atoms with Crippen LogP contribution < -0.4 is 10.0 Å². The molecule has 2 atom stereocenters. The van der Waals surface area contributed by atoms with Crippen molar-refractivity contribution in [3.8, 4) is 0 Å². The van der Waals surface area contributed by atoms with Gasteiger partial charge in [-0.3, -0.25) is 4.79 Å². The van der Waals surface area contributed by atoms with E-state index in [1.165, 1.54) is 28.8 Å². The number of halogens is 2. The molecule has 3 rings (SSSR count). The van der Waals surface area contributed by atoms with Gasteiger partial charge in [-0.05, 0) is 37.8 Å². The van der Waals surface area contributed by atoms with Gasteiger partial charge in [-0.2, -0.15) is 4.31 Å². The molecule has 1 aromatic carbocycles. The first-order valence-electron chi connectivity index (χ1n) is 8.70. The summed E-state index contributed by atoms with van der Waals surface area (Å²) in [4.78, 5) is 12.0. The molecule has 2 heterocycles. The largest absolute Gasteiger partial charge is 0.352 e. The Morgan fingerprint density at radius 3 is 2.14 bits per heavy atom. The van der Waals surface area contributed by atoms with Crippen LogP contribution in [0.3, 0.4) is 0 Å². The molecule has 28 heavy (non-hydrogen) atoms. The van der Waals surface area contributed by atoms with E-state index in [2.05, 4.69) is 10.0 Å². The van der Waals surface area contributed by atoms with Crippen LogP contribution in [-0.2, 0) is 24.8 Å². The van der Waals surface area contributed by atoms with E-state index in [4.69, 9.17) is 23.2 Å². The standard InChI is InChI=1S/C16H21Cl2N3O5S2/c1-27(23,24)21-11-5-6-12(21)8-10(7-11)20-15(22)9-19-28(25,26)16-13(17)3-2-4-14(16)18/h2-4,10-12,19H,5-9H2,1H3,(H,20,22). The molecule has 0 spiro atoms. The molecule has 0 saturated carbocycles. The van der Waals surface area contributed by atoms with Crippen molar-refractivity contribution < 1.29 is 21.6 Å². The smallest absolute Gasteiger partial charge is 0.244 e. The normalized spacial score (nSPS) is 25.6. The van der Waals surface area contributed by atoms with Gasteiger partial charge in [0.2, 0.25) is 26.0 Å². The molecular formula is C16H21Cl2N3O5S2. The minimum absolute atomic E-state index is 0.0369. The van der Waals surface area contributed by atoms with Crippen LogP contribution in [0.1, 0.15) is 25.7 Å². The van der Waals surface area contributed by atoms with E-state index in [-0.39, 0.29) is 33.1 Å². The zero-order valence-corrected chi connectivity index (χ0v) is 18.2. The number of hydrogen-bond acceptors (Lipinski definition) is 5. The van der Waals surface area contributed by atoms with Crippen LogP contribution in [0.25, 0.3) is 0 Å². The quantitative estimate of drug-likeness (QED) is 0.652. The van der Waals surface area contributed by atoms with Crippen molar-refractivity contribution in [3.63, 3.8) is 0 Å². The third-order valence-electron chi connectivity index (χ3n) is 5.02. The molecule has 2 fully saturated rings. The summed E-state index contributed by atoms with van der Waals surface area (Å²) < 4.78 is 52.4. The molecule has 2 aliphatic rings. The molecule has 0 aliphatic carbocycles. The maximum atomic E-state index is 12.4. The lowest BCUT2D eigenvalue weighted by molar-refractivity contribution is -0.121. The molecule has 0 radical (unpaired) electrons. The molecule has 1 amide bonds. The Hall–Kier alpha value is -0.910. The first-order chi connectivity index (χ1) is 13.0. The number of carbonyl (C=O) groups excluding carboxylic acids is 1. The lowest BCUT2D eigenvalue weighted by Crippen LogP contribution is -2.53. The Morgan fingerprint density at radius 2 is 1.64 bits per heavy atom. The van der Waals surface area contributed by atoms with E-state index >= 15 is 0 Å². The maximum Gasteiger partial charge on any atom is 0.244 e. The summed E-state index contributed by atoms with van der Waals surface area (Å²) in [5.74, 6) is -0.496. The molecule has 1 aromatic rings. The number of carbonyl (C=O) groups is 1. The van der Waals surface area contributed by atoms with Crippen molar-refractivity contribution in [2.45, 2.75) is 48.7 Å². The molecule has 2 N–H and O–H groups in total. The second-order valence-electron chi connectivity index (χ2n) is 7.09. The van der Waals surface area contributed by atoms with E-state index in [0.717, 1.165) is 12.8 Å². The van der Waals surface area contributed by atoms with Gasteiger partial charge in [0.25, 0.3) is 0 Å². The number of piperidine rings is 1. The maximum absolute atomic E-state index is 12.4. The Balaban J connectivity index is 1.59. The second-order valence-corrected chi connectivity index (χ2v) is 11.5. The van der Waals surface area contributed by atoms with Crippen molar-refractivity contribution in [3.05, 3.63) is 28.2 Å². The highest BCUT2D eigenvalue weighted by Gasteiger charge is 2.45. The van der Waals surface area contributed by atoms with Crippen molar-refractivity contribution in [1.82, 2.24) is 14.3 Å². The Bertz CT molecular complexity index is 950. The Labute approximate surface area is 174 Å². The van der Waals surface area contributed by atoms with Crippen LogP contribution in [0.15, 0.2) is 23.1 Å². The fourth-order valence-electron chi connectivity index (χ4n) is 4.04. The van der Waals surface area contributed by atoms with Gasteiger partial charge in [0.1, 0.15) is 4.90 Å². The fraction of sp³-hybridized carbons (Fsp3) is 0.562. The van der Waals surface area contributed by atoms with Gasteiger partial charge in [-0.1, -0.05) is 29.3 Å². The van der Waals surface area contributed by atoms with Crippen molar-refractivity contribution >= 4 is 49.2 Å². The highest BCUT2D eigenvalue weighted by atomic mass is 35.5. The van der Waals surface area contributed by atoms with Gasteiger partial charge >= 0.3 is 0 Å². The molecule has 2 saturated heterocycles. The summed E-state index contributed by atoms with van der Waals surface area (Å²) >= 11 is 11.8.